The summed E-state index contributed by atoms with van der Waals surface area (Å²) in [6.45, 7) is 6.85. The van der Waals surface area contributed by atoms with Crippen molar-refractivity contribution in [3.63, 3.8) is 0 Å². The number of anilines is 1. The standard InChI is InChI=1S/C14H21NO2/c1-4-11(3)12-8-6-7-9-13(12)15-14(16)10-17-5-2/h6-9,11H,4-5,10H2,1-3H3,(H,15,16). The highest BCUT2D eigenvalue weighted by Crippen LogP contribution is 2.26. The van der Waals surface area contributed by atoms with Crippen LogP contribution in [0.25, 0.3) is 0 Å². The fourth-order valence-electron chi connectivity index (χ4n) is 1.64. The van der Waals surface area contributed by atoms with E-state index in [4.69, 9.17) is 4.74 Å². The van der Waals surface area contributed by atoms with E-state index in [1.165, 1.54) is 5.56 Å². The number of carbonyl (C=O) groups excluding carboxylic acids is 1. The third-order valence-electron chi connectivity index (χ3n) is 2.82. The molecule has 3 heteroatoms. The van der Waals surface area contributed by atoms with Gasteiger partial charge in [0.2, 0.25) is 5.91 Å². The van der Waals surface area contributed by atoms with Crippen molar-refractivity contribution in [3.8, 4) is 0 Å². The first kappa shape index (κ1) is 13.7. The van der Waals surface area contributed by atoms with Crippen LogP contribution in [0, 0.1) is 0 Å². The Bertz CT molecular complexity index is 363. The summed E-state index contributed by atoms with van der Waals surface area (Å²) < 4.78 is 5.08. The summed E-state index contributed by atoms with van der Waals surface area (Å²) in [4.78, 5) is 11.6. The second-order valence-corrected chi connectivity index (χ2v) is 4.08. The van der Waals surface area contributed by atoms with Gasteiger partial charge in [-0.05, 0) is 30.9 Å². The summed E-state index contributed by atoms with van der Waals surface area (Å²) in [5, 5.41) is 2.90. The quantitative estimate of drug-likeness (QED) is 0.822. The second kappa shape index (κ2) is 7.07. The largest absolute Gasteiger partial charge is 0.372 e. The van der Waals surface area contributed by atoms with Gasteiger partial charge in [0.05, 0.1) is 0 Å². The third kappa shape index (κ3) is 4.19. The van der Waals surface area contributed by atoms with Gasteiger partial charge in [-0.1, -0.05) is 32.0 Å². The lowest BCUT2D eigenvalue weighted by Gasteiger charge is -2.15. The monoisotopic (exact) mass is 235 g/mol. The van der Waals surface area contributed by atoms with E-state index in [0.29, 0.717) is 12.5 Å². The molecule has 1 unspecified atom stereocenters. The van der Waals surface area contributed by atoms with Crippen molar-refractivity contribution in [3.05, 3.63) is 29.8 Å². The zero-order valence-corrected chi connectivity index (χ0v) is 10.8. The molecule has 1 amide bonds. The summed E-state index contributed by atoms with van der Waals surface area (Å²) >= 11 is 0. The van der Waals surface area contributed by atoms with Gasteiger partial charge in [0.25, 0.3) is 0 Å². The maximum Gasteiger partial charge on any atom is 0.250 e. The van der Waals surface area contributed by atoms with Gasteiger partial charge in [0.1, 0.15) is 6.61 Å². The fourth-order valence-corrected chi connectivity index (χ4v) is 1.64. The smallest absolute Gasteiger partial charge is 0.250 e. The minimum atomic E-state index is -0.0948. The SMILES string of the molecule is CCOCC(=O)Nc1ccccc1C(C)CC. The highest BCUT2D eigenvalue weighted by molar-refractivity contribution is 5.92. The molecule has 0 aromatic heterocycles. The lowest BCUT2D eigenvalue weighted by molar-refractivity contribution is -0.120. The maximum atomic E-state index is 11.6. The number of hydrogen-bond acceptors (Lipinski definition) is 2. The van der Waals surface area contributed by atoms with Crippen LogP contribution in [0.5, 0.6) is 0 Å². The van der Waals surface area contributed by atoms with Crippen LogP contribution in [0.1, 0.15) is 38.7 Å². The molecule has 17 heavy (non-hydrogen) atoms. The summed E-state index contributed by atoms with van der Waals surface area (Å²) in [5.41, 5.74) is 2.08. The number of hydrogen-bond donors (Lipinski definition) is 1. The van der Waals surface area contributed by atoms with Crippen molar-refractivity contribution in [1.29, 1.82) is 0 Å². The number of nitrogens with one attached hydrogen (secondary N) is 1. The molecule has 0 heterocycles. The number of carbonyl (C=O) groups is 1. The van der Waals surface area contributed by atoms with Crippen LogP contribution in [-0.2, 0) is 9.53 Å². The van der Waals surface area contributed by atoms with Crippen molar-refractivity contribution in [2.75, 3.05) is 18.5 Å². The number of rotatable bonds is 6. The van der Waals surface area contributed by atoms with Crippen LogP contribution in [0.3, 0.4) is 0 Å². The van der Waals surface area contributed by atoms with E-state index in [-0.39, 0.29) is 12.5 Å². The molecule has 1 aromatic rings. The average molecular weight is 235 g/mol. The molecule has 0 aliphatic carbocycles. The third-order valence-corrected chi connectivity index (χ3v) is 2.82. The van der Waals surface area contributed by atoms with E-state index in [0.717, 1.165) is 12.1 Å². The van der Waals surface area contributed by atoms with E-state index in [2.05, 4.69) is 25.2 Å². The number of ether oxygens (including phenoxy) is 1. The van der Waals surface area contributed by atoms with Gasteiger partial charge in [-0.2, -0.15) is 0 Å². The molecule has 0 saturated carbocycles. The topological polar surface area (TPSA) is 38.3 Å². The van der Waals surface area contributed by atoms with Crippen LogP contribution in [0.15, 0.2) is 24.3 Å². The predicted octanol–water partition coefficient (Wildman–Crippen LogP) is 3.18. The van der Waals surface area contributed by atoms with Crippen LogP contribution >= 0.6 is 0 Å². The molecule has 0 fully saturated rings. The molecule has 94 valence electrons. The fraction of sp³-hybridized carbons (Fsp3) is 0.500. The lowest BCUT2D eigenvalue weighted by Crippen LogP contribution is -2.19. The molecule has 0 saturated heterocycles. The Morgan fingerprint density at radius 3 is 2.71 bits per heavy atom. The van der Waals surface area contributed by atoms with Crippen molar-refractivity contribution in [2.45, 2.75) is 33.1 Å². The zero-order chi connectivity index (χ0) is 12.7. The molecule has 0 bridgehead atoms. The van der Waals surface area contributed by atoms with Gasteiger partial charge in [-0.15, -0.1) is 0 Å². The van der Waals surface area contributed by atoms with Gasteiger partial charge in [0, 0.05) is 12.3 Å². The normalized spacial score (nSPS) is 12.2. The summed E-state index contributed by atoms with van der Waals surface area (Å²) in [6.07, 6.45) is 1.05. The Hall–Kier alpha value is -1.35. The van der Waals surface area contributed by atoms with E-state index < -0.39 is 0 Å². The van der Waals surface area contributed by atoms with E-state index in [9.17, 15) is 4.79 Å². The van der Waals surface area contributed by atoms with Crippen LogP contribution < -0.4 is 5.32 Å². The van der Waals surface area contributed by atoms with E-state index in [1.54, 1.807) is 0 Å². The van der Waals surface area contributed by atoms with E-state index in [1.807, 2.05) is 25.1 Å². The van der Waals surface area contributed by atoms with Crippen molar-refractivity contribution in [1.82, 2.24) is 0 Å². The highest BCUT2D eigenvalue weighted by Gasteiger charge is 2.10. The molecule has 0 aliphatic heterocycles. The first-order valence-corrected chi connectivity index (χ1v) is 6.15. The molecule has 1 atom stereocenters. The lowest BCUT2D eigenvalue weighted by atomic mass is 9.97. The minimum Gasteiger partial charge on any atom is -0.372 e. The summed E-state index contributed by atoms with van der Waals surface area (Å²) in [5.74, 6) is 0.348. The Kier molecular flexibility index (Phi) is 5.70. The van der Waals surface area contributed by atoms with Crippen LogP contribution in [0.4, 0.5) is 5.69 Å². The van der Waals surface area contributed by atoms with Crippen molar-refractivity contribution < 1.29 is 9.53 Å². The Morgan fingerprint density at radius 1 is 1.35 bits per heavy atom. The second-order valence-electron chi connectivity index (χ2n) is 4.08. The minimum absolute atomic E-state index is 0.0948. The Balaban J connectivity index is 2.73. The molecule has 0 radical (unpaired) electrons. The molecule has 0 aliphatic rings. The van der Waals surface area contributed by atoms with Gasteiger partial charge in [-0.3, -0.25) is 4.79 Å². The molecule has 3 nitrogen and oxygen atoms in total. The molecule has 1 aromatic carbocycles. The molecular formula is C14H21NO2. The van der Waals surface area contributed by atoms with Crippen molar-refractivity contribution in [2.24, 2.45) is 0 Å². The van der Waals surface area contributed by atoms with Crippen LogP contribution in [0.2, 0.25) is 0 Å². The average Bonchev–Trinajstić information content (AvgIpc) is 2.36. The maximum absolute atomic E-state index is 11.6. The molecular weight excluding hydrogens is 214 g/mol. The number of amides is 1. The van der Waals surface area contributed by atoms with Gasteiger partial charge in [-0.25, -0.2) is 0 Å². The van der Waals surface area contributed by atoms with Gasteiger partial charge < -0.3 is 10.1 Å². The number of para-hydroxylation sites is 1. The molecule has 1 N–H and O–H groups in total. The summed E-state index contributed by atoms with van der Waals surface area (Å²) in [6, 6.07) is 7.93. The number of benzene rings is 1. The van der Waals surface area contributed by atoms with Gasteiger partial charge >= 0.3 is 0 Å². The zero-order valence-electron chi connectivity index (χ0n) is 10.8. The summed E-state index contributed by atoms with van der Waals surface area (Å²) in [7, 11) is 0. The van der Waals surface area contributed by atoms with Gasteiger partial charge in [0.15, 0.2) is 0 Å². The highest BCUT2D eigenvalue weighted by atomic mass is 16.5. The predicted molar refractivity (Wildman–Crippen MR) is 70.3 cm³/mol. The van der Waals surface area contributed by atoms with Crippen LogP contribution in [-0.4, -0.2) is 19.1 Å². The first-order chi connectivity index (χ1) is 8.19. The molecule has 1 rings (SSSR count). The van der Waals surface area contributed by atoms with Crippen molar-refractivity contribution >= 4 is 11.6 Å². The molecule has 0 spiro atoms. The van der Waals surface area contributed by atoms with E-state index >= 15 is 0 Å². The first-order valence-electron chi connectivity index (χ1n) is 6.15. The Labute approximate surface area is 103 Å². The Morgan fingerprint density at radius 2 is 2.06 bits per heavy atom.